The molecule has 0 amide bonds. The van der Waals surface area contributed by atoms with Crippen molar-refractivity contribution in [3.8, 4) is 0 Å². The molecule has 0 aromatic heterocycles. The maximum atomic E-state index is 12.0. The van der Waals surface area contributed by atoms with Crippen molar-refractivity contribution in [2.45, 2.75) is 24.3 Å². The Bertz CT molecular complexity index is 730. The molecule has 1 atom stereocenters. The first-order valence-corrected chi connectivity index (χ1v) is 7.64. The molecule has 122 valence electrons. The highest BCUT2D eigenvalue weighted by molar-refractivity contribution is 7.89. The second-order valence-corrected chi connectivity index (χ2v) is 6.88. The van der Waals surface area contributed by atoms with Crippen LogP contribution in [0, 0.1) is 17.0 Å². The smallest absolute Gasteiger partial charge is 0.336 e. The minimum Gasteiger partial charge on any atom is -0.479 e. The standard InChI is InChI=1S/C11H13ClN2O7S/c1-6-8(12)3-7(4-9(6)14(18)19)22(20,21)13-5-11(2,17)10(15)16/h3-4,13,17H,5H2,1-2H3,(H,15,16). The van der Waals surface area contributed by atoms with Gasteiger partial charge in [-0.2, -0.15) is 0 Å². The van der Waals surface area contributed by atoms with E-state index in [1.54, 1.807) is 0 Å². The van der Waals surface area contributed by atoms with Crippen LogP contribution in [0.3, 0.4) is 0 Å². The summed E-state index contributed by atoms with van der Waals surface area (Å²) in [5, 5.41) is 28.9. The Balaban J connectivity index is 3.19. The van der Waals surface area contributed by atoms with Crippen LogP contribution in [0.1, 0.15) is 12.5 Å². The number of nitrogens with zero attached hydrogens (tertiary/aromatic N) is 1. The summed E-state index contributed by atoms with van der Waals surface area (Å²) in [5.74, 6) is -1.62. The minimum absolute atomic E-state index is 0.100. The zero-order valence-electron chi connectivity index (χ0n) is 11.5. The van der Waals surface area contributed by atoms with Crippen LogP contribution in [0.15, 0.2) is 17.0 Å². The molecule has 0 saturated heterocycles. The van der Waals surface area contributed by atoms with Crippen LogP contribution < -0.4 is 4.72 Å². The highest BCUT2D eigenvalue weighted by atomic mass is 35.5. The zero-order chi connectivity index (χ0) is 17.3. The van der Waals surface area contributed by atoms with E-state index < -0.39 is 43.6 Å². The number of carboxylic acid groups (broad SMARTS) is 1. The normalized spacial score (nSPS) is 14.4. The van der Waals surface area contributed by atoms with Crippen LogP contribution in [-0.4, -0.2) is 41.7 Å². The topological polar surface area (TPSA) is 147 Å². The molecular formula is C11H13ClN2O7S. The Labute approximate surface area is 130 Å². The molecule has 9 nitrogen and oxygen atoms in total. The number of nitro groups is 1. The fourth-order valence-corrected chi connectivity index (χ4v) is 2.84. The molecule has 1 rings (SSSR count). The van der Waals surface area contributed by atoms with Crippen molar-refractivity contribution in [1.29, 1.82) is 0 Å². The number of nitrogens with one attached hydrogen (secondary N) is 1. The summed E-state index contributed by atoms with van der Waals surface area (Å²) in [7, 11) is -4.28. The van der Waals surface area contributed by atoms with Gasteiger partial charge in [0, 0.05) is 11.6 Å². The van der Waals surface area contributed by atoms with Crippen molar-refractivity contribution in [2.75, 3.05) is 6.54 Å². The van der Waals surface area contributed by atoms with Gasteiger partial charge in [-0.25, -0.2) is 17.9 Å². The van der Waals surface area contributed by atoms with E-state index in [2.05, 4.69) is 0 Å². The van der Waals surface area contributed by atoms with Crippen molar-refractivity contribution in [1.82, 2.24) is 4.72 Å². The van der Waals surface area contributed by atoms with Crippen molar-refractivity contribution in [3.05, 3.63) is 32.8 Å². The van der Waals surface area contributed by atoms with Gasteiger partial charge in [0.15, 0.2) is 5.60 Å². The third-order valence-electron chi connectivity index (χ3n) is 2.86. The summed E-state index contributed by atoms with van der Waals surface area (Å²) in [5.41, 5.74) is -2.71. The van der Waals surface area contributed by atoms with E-state index in [9.17, 15) is 28.4 Å². The first kappa shape index (κ1) is 18.3. The van der Waals surface area contributed by atoms with Gasteiger partial charge < -0.3 is 10.2 Å². The Morgan fingerprint density at radius 1 is 1.50 bits per heavy atom. The lowest BCUT2D eigenvalue weighted by atomic mass is 10.1. The summed E-state index contributed by atoms with van der Waals surface area (Å²) in [6, 6.07) is 1.81. The summed E-state index contributed by atoms with van der Waals surface area (Å²) in [6.45, 7) is 1.45. The Morgan fingerprint density at radius 2 is 2.05 bits per heavy atom. The van der Waals surface area contributed by atoms with Crippen LogP contribution in [0.5, 0.6) is 0 Å². The van der Waals surface area contributed by atoms with Gasteiger partial charge in [-0.3, -0.25) is 10.1 Å². The van der Waals surface area contributed by atoms with Crippen LogP contribution >= 0.6 is 11.6 Å². The minimum atomic E-state index is -4.28. The number of hydrogen-bond acceptors (Lipinski definition) is 6. The van der Waals surface area contributed by atoms with E-state index in [4.69, 9.17) is 16.7 Å². The average Bonchev–Trinajstić information content (AvgIpc) is 2.39. The first-order chi connectivity index (χ1) is 9.88. The van der Waals surface area contributed by atoms with E-state index >= 15 is 0 Å². The number of nitro benzene ring substituents is 1. The molecule has 1 unspecified atom stereocenters. The van der Waals surface area contributed by atoms with Crippen molar-refractivity contribution >= 4 is 33.3 Å². The van der Waals surface area contributed by atoms with Gasteiger partial charge in [-0.15, -0.1) is 0 Å². The number of carbonyl (C=O) groups is 1. The lowest BCUT2D eigenvalue weighted by Gasteiger charge is -2.18. The quantitative estimate of drug-likeness (QED) is 0.503. The van der Waals surface area contributed by atoms with Crippen LogP contribution in [-0.2, 0) is 14.8 Å². The number of benzene rings is 1. The number of sulfonamides is 1. The highest BCUT2D eigenvalue weighted by Gasteiger charge is 2.32. The monoisotopic (exact) mass is 352 g/mol. The molecule has 0 fully saturated rings. The summed E-state index contributed by atoms with van der Waals surface area (Å²) < 4.78 is 26.0. The molecule has 0 aliphatic heterocycles. The molecule has 1 aromatic carbocycles. The lowest BCUT2D eigenvalue weighted by molar-refractivity contribution is -0.385. The Hall–Kier alpha value is -1.75. The Kier molecular flexibility index (Phi) is 5.13. The van der Waals surface area contributed by atoms with E-state index in [1.807, 2.05) is 4.72 Å². The lowest BCUT2D eigenvalue weighted by Crippen LogP contribution is -2.46. The first-order valence-electron chi connectivity index (χ1n) is 5.78. The molecule has 0 radical (unpaired) electrons. The average molecular weight is 353 g/mol. The molecule has 11 heteroatoms. The molecule has 22 heavy (non-hydrogen) atoms. The maximum absolute atomic E-state index is 12.0. The number of aliphatic hydroxyl groups is 1. The van der Waals surface area contributed by atoms with Crippen LogP contribution in [0.4, 0.5) is 5.69 Å². The fourth-order valence-electron chi connectivity index (χ4n) is 1.38. The number of hydrogen-bond donors (Lipinski definition) is 3. The van der Waals surface area contributed by atoms with E-state index in [-0.39, 0.29) is 10.6 Å². The second-order valence-electron chi connectivity index (χ2n) is 4.71. The summed E-state index contributed by atoms with van der Waals surface area (Å²) >= 11 is 5.77. The number of carboxylic acids is 1. The SMILES string of the molecule is Cc1c(Cl)cc(S(=O)(=O)NCC(C)(O)C(=O)O)cc1[N+](=O)[O-]. The molecule has 0 bridgehead atoms. The molecule has 1 aromatic rings. The molecular weight excluding hydrogens is 340 g/mol. The second kappa shape index (κ2) is 6.16. The van der Waals surface area contributed by atoms with Gasteiger partial charge in [0.25, 0.3) is 5.69 Å². The fraction of sp³-hybridized carbons (Fsp3) is 0.364. The number of aliphatic carboxylic acids is 1. The number of rotatable bonds is 6. The van der Waals surface area contributed by atoms with Crippen LogP contribution in [0.25, 0.3) is 0 Å². The predicted octanol–water partition coefficient (Wildman–Crippen LogP) is 0.671. The number of halogens is 1. The molecule has 3 N–H and O–H groups in total. The zero-order valence-corrected chi connectivity index (χ0v) is 13.1. The van der Waals surface area contributed by atoms with Crippen LogP contribution in [0.2, 0.25) is 5.02 Å². The van der Waals surface area contributed by atoms with Gasteiger partial charge in [0.2, 0.25) is 10.0 Å². The third-order valence-corrected chi connectivity index (χ3v) is 4.64. The van der Waals surface area contributed by atoms with Crippen molar-refractivity contribution < 1.29 is 28.3 Å². The van der Waals surface area contributed by atoms with Crippen molar-refractivity contribution in [2.24, 2.45) is 0 Å². The molecule has 0 spiro atoms. The van der Waals surface area contributed by atoms with Gasteiger partial charge in [0.1, 0.15) is 0 Å². The van der Waals surface area contributed by atoms with Gasteiger partial charge in [0.05, 0.1) is 21.4 Å². The molecule has 0 aliphatic carbocycles. The van der Waals surface area contributed by atoms with Gasteiger partial charge in [-0.05, 0) is 19.9 Å². The van der Waals surface area contributed by atoms with E-state index in [0.29, 0.717) is 0 Å². The van der Waals surface area contributed by atoms with Crippen molar-refractivity contribution in [3.63, 3.8) is 0 Å². The highest BCUT2D eigenvalue weighted by Crippen LogP contribution is 2.29. The largest absolute Gasteiger partial charge is 0.479 e. The molecule has 0 heterocycles. The third kappa shape index (κ3) is 3.91. The molecule has 0 saturated carbocycles. The summed E-state index contributed by atoms with van der Waals surface area (Å²) in [6.07, 6.45) is 0. The summed E-state index contributed by atoms with van der Waals surface area (Å²) in [4.78, 5) is 20.3. The molecule has 0 aliphatic rings. The van der Waals surface area contributed by atoms with E-state index in [1.165, 1.54) is 6.92 Å². The Morgan fingerprint density at radius 3 is 2.50 bits per heavy atom. The maximum Gasteiger partial charge on any atom is 0.336 e. The van der Waals surface area contributed by atoms with E-state index in [0.717, 1.165) is 19.1 Å². The predicted molar refractivity (Wildman–Crippen MR) is 76.3 cm³/mol. The van der Waals surface area contributed by atoms with Gasteiger partial charge in [-0.1, -0.05) is 11.6 Å². The van der Waals surface area contributed by atoms with Gasteiger partial charge >= 0.3 is 5.97 Å².